The fourth-order valence-electron chi connectivity index (χ4n) is 4.36. The number of hydrogen-bond donors (Lipinski definition) is 0. The Morgan fingerprint density at radius 1 is 0.848 bits per heavy atom. The minimum Gasteiger partial charge on any atom is -0.267 e. The molecule has 0 N–H and O–H groups in total. The van der Waals surface area contributed by atoms with E-state index in [1.165, 1.54) is 16.1 Å². The summed E-state index contributed by atoms with van der Waals surface area (Å²) in [6, 6.07) is 20.3. The second-order valence-electron chi connectivity index (χ2n) is 8.62. The van der Waals surface area contributed by atoms with E-state index in [0.29, 0.717) is 11.3 Å². The molecule has 33 heavy (non-hydrogen) atoms. The number of anilines is 1. The average Bonchev–Trinajstić information content (AvgIpc) is 3.25. The summed E-state index contributed by atoms with van der Waals surface area (Å²) in [4.78, 5) is 13.5. The van der Waals surface area contributed by atoms with Gasteiger partial charge in [-0.05, 0) is 75.4 Å². The normalized spacial score (nSPS) is 15.1. The number of nitrogens with zero attached hydrogens (tertiary/aromatic N) is 4. The number of amides is 1. The minimum absolute atomic E-state index is 0.124. The monoisotopic (exact) mass is 434 g/mol. The first-order valence-electron chi connectivity index (χ1n) is 11.1. The summed E-state index contributed by atoms with van der Waals surface area (Å²) in [5.41, 5.74) is 8.39. The molecule has 0 saturated carbocycles. The first-order valence-corrected chi connectivity index (χ1v) is 11.1. The van der Waals surface area contributed by atoms with Crippen LogP contribution in [0.25, 0.3) is 22.5 Å². The number of hydrogen-bond acceptors (Lipinski definition) is 3. The molecule has 1 aromatic heterocycles. The number of aromatic nitrogens is 2. The van der Waals surface area contributed by atoms with Crippen molar-refractivity contribution < 1.29 is 4.79 Å². The van der Waals surface area contributed by atoms with Gasteiger partial charge in [0.25, 0.3) is 5.91 Å². The third-order valence-electron chi connectivity index (χ3n) is 6.43. The lowest BCUT2D eigenvalue weighted by atomic mass is 10.0. The molecule has 1 aliphatic rings. The van der Waals surface area contributed by atoms with Crippen molar-refractivity contribution in [1.29, 1.82) is 0 Å². The molecule has 3 aromatic carbocycles. The van der Waals surface area contributed by atoms with Crippen molar-refractivity contribution in [3.63, 3.8) is 0 Å². The molecule has 1 aliphatic heterocycles. The molecular weight excluding hydrogens is 408 g/mol. The third-order valence-corrected chi connectivity index (χ3v) is 6.43. The van der Waals surface area contributed by atoms with E-state index < -0.39 is 0 Å². The molecular formula is C28H26N4O. The summed E-state index contributed by atoms with van der Waals surface area (Å²) in [7, 11) is 0. The number of benzene rings is 3. The SMILES string of the molecule is CC1=NN(c2cccc3ccccc23)C(=O)/C1=C\c1c(C)nn(-c2ccc(C)c(C)c2)c1C. The number of carbonyl (C=O) groups is 1. The van der Waals surface area contributed by atoms with Gasteiger partial charge in [-0.3, -0.25) is 4.79 Å². The predicted molar refractivity (Wildman–Crippen MR) is 135 cm³/mol. The van der Waals surface area contributed by atoms with Crippen LogP contribution in [0.3, 0.4) is 0 Å². The van der Waals surface area contributed by atoms with E-state index in [9.17, 15) is 4.79 Å². The van der Waals surface area contributed by atoms with Crippen LogP contribution in [-0.2, 0) is 4.79 Å². The van der Waals surface area contributed by atoms with E-state index in [2.05, 4.69) is 37.1 Å². The number of hydrazone groups is 1. The van der Waals surface area contributed by atoms with E-state index in [1.807, 2.05) is 74.0 Å². The van der Waals surface area contributed by atoms with Crippen LogP contribution in [0.2, 0.25) is 0 Å². The Hall–Kier alpha value is -3.99. The Bertz CT molecular complexity index is 1480. The van der Waals surface area contributed by atoms with Crippen molar-refractivity contribution in [2.75, 3.05) is 5.01 Å². The predicted octanol–water partition coefficient (Wildman–Crippen LogP) is 6.07. The van der Waals surface area contributed by atoms with Gasteiger partial charge in [0, 0.05) is 16.6 Å². The Balaban J connectivity index is 1.56. The number of carbonyl (C=O) groups excluding carboxylic acids is 1. The van der Waals surface area contributed by atoms with E-state index in [0.717, 1.165) is 39.1 Å². The van der Waals surface area contributed by atoms with E-state index >= 15 is 0 Å². The van der Waals surface area contributed by atoms with Gasteiger partial charge in [0.05, 0.1) is 28.4 Å². The first kappa shape index (κ1) is 20.9. The summed E-state index contributed by atoms with van der Waals surface area (Å²) in [6.07, 6.45) is 1.93. The lowest BCUT2D eigenvalue weighted by molar-refractivity contribution is -0.114. The maximum absolute atomic E-state index is 13.5. The quantitative estimate of drug-likeness (QED) is 0.368. The molecule has 2 heterocycles. The van der Waals surface area contributed by atoms with Crippen LogP contribution in [0.1, 0.15) is 35.0 Å². The van der Waals surface area contributed by atoms with Gasteiger partial charge in [-0.15, -0.1) is 0 Å². The lowest BCUT2D eigenvalue weighted by Crippen LogP contribution is -2.21. The van der Waals surface area contributed by atoms with Crippen LogP contribution in [0.4, 0.5) is 5.69 Å². The molecule has 0 radical (unpaired) electrons. The smallest absolute Gasteiger partial charge is 0.267 e. The molecule has 0 fully saturated rings. The van der Waals surface area contributed by atoms with Gasteiger partial charge in [-0.2, -0.15) is 15.2 Å². The van der Waals surface area contributed by atoms with E-state index in [1.54, 1.807) is 0 Å². The van der Waals surface area contributed by atoms with Gasteiger partial charge in [0.2, 0.25) is 0 Å². The number of fused-ring (bicyclic) bond motifs is 1. The third kappa shape index (κ3) is 3.46. The summed E-state index contributed by atoms with van der Waals surface area (Å²) < 4.78 is 1.95. The van der Waals surface area contributed by atoms with Crippen molar-refractivity contribution in [2.45, 2.75) is 34.6 Å². The van der Waals surface area contributed by atoms with Crippen LogP contribution in [0.5, 0.6) is 0 Å². The van der Waals surface area contributed by atoms with Crippen molar-refractivity contribution in [3.8, 4) is 5.69 Å². The maximum atomic E-state index is 13.5. The molecule has 0 bridgehead atoms. The standard InChI is InChI=1S/C28H26N4O/c1-17-13-14-23(15-18(17)2)31-21(5)25(19(3)29-31)16-26-20(4)30-32(28(26)33)27-12-8-10-22-9-6-7-11-24(22)27/h6-16H,1-5H3/b26-16-. The topological polar surface area (TPSA) is 50.5 Å². The first-order chi connectivity index (χ1) is 15.8. The molecule has 0 saturated heterocycles. The van der Waals surface area contributed by atoms with Crippen LogP contribution < -0.4 is 5.01 Å². The van der Waals surface area contributed by atoms with Gasteiger partial charge >= 0.3 is 0 Å². The molecule has 0 atom stereocenters. The molecule has 4 aromatic rings. The number of rotatable bonds is 3. The maximum Gasteiger partial charge on any atom is 0.280 e. The van der Waals surface area contributed by atoms with Crippen molar-refractivity contribution in [2.24, 2.45) is 5.10 Å². The minimum atomic E-state index is -0.124. The van der Waals surface area contributed by atoms with Gasteiger partial charge in [0.1, 0.15) is 0 Å². The molecule has 0 spiro atoms. The van der Waals surface area contributed by atoms with Crippen molar-refractivity contribution in [3.05, 3.63) is 94.3 Å². The summed E-state index contributed by atoms with van der Waals surface area (Å²) in [5, 5.41) is 13.0. The van der Waals surface area contributed by atoms with Crippen LogP contribution >= 0.6 is 0 Å². The molecule has 5 heteroatoms. The van der Waals surface area contributed by atoms with Crippen molar-refractivity contribution in [1.82, 2.24) is 9.78 Å². The zero-order valence-electron chi connectivity index (χ0n) is 19.5. The van der Waals surface area contributed by atoms with Crippen LogP contribution in [0, 0.1) is 27.7 Å². The highest BCUT2D eigenvalue weighted by Crippen LogP contribution is 2.32. The van der Waals surface area contributed by atoms with Gasteiger partial charge in [-0.25, -0.2) is 4.68 Å². The molecule has 5 nitrogen and oxygen atoms in total. The second kappa shape index (κ2) is 7.85. The lowest BCUT2D eigenvalue weighted by Gasteiger charge is -2.14. The highest BCUT2D eigenvalue weighted by Gasteiger charge is 2.30. The Morgan fingerprint density at radius 3 is 2.39 bits per heavy atom. The fourth-order valence-corrected chi connectivity index (χ4v) is 4.36. The van der Waals surface area contributed by atoms with Gasteiger partial charge in [-0.1, -0.05) is 42.5 Å². The highest BCUT2D eigenvalue weighted by molar-refractivity contribution is 6.33. The summed E-state index contributed by atoms with van der Waals surface area (Å²) in [5.74, 6) is -0.124. The van der Waals surface area contributed by atoms with Crippen molar-refractivity contribution >= 4 is 34.2 Å². The molecule has 164 valence electrons. The van der Waals surface area contributed by atoms with Crippen LogP contribution in [0.15, 0.2) is 71.3 Å². The largest absolute Gasteiger partial charge is 0.280 e. The van der Waals surface area contributed by atoms with E-state index in [4.69, 9.17) is 5.10 Å². The zero-order valence-corrected chi connectivity index (χ0v) is 19.5. The van der Waals surface area contributed by atoms with Crippen LogP contribution in [-0.4, -0.2) is 21.4 Å². The van der Waals surface area contributed by atoms with E-state index in [-0.39, 0.29) is 5.91 Å². The highest BCUT2D eigenvalue weighted by atomic mass is 16.2. The fraction of sp³-hybridized carbons (Fsp3) is 0.179. The number of aryl methyl sites for hydroxylation is 3. The summed E-state index contributed by atoms with van der Waals surface area (Å²) >= 11 is 0. The average molecular weight is 435 g/mol. The Kier molecular flexibility index (Phi) is 4.97. The molecule has 0 unspecified atom stereocenters. The Labute approximate surface area is 193 Å². The zero-order chi connectivity index (χ0) is 23.3. The Morgan fingerprint density at radius 2 is 1.61 bits per heavy atom. The van der Waals surface area contributed by atoms with Gasteiger partial charge < -0.3 is 0 Å². The molecule has 0 aliphatic carbocycles. The second-order valence-corrected chi connectivity index (χ2v) is 8.62. The molecule has 5 rings (SSSR count). The summed E-state index contributed by atoms with van der Waals surface area (Å²) in [6.45, 7) is 10.1. The van der Waals surface area contributed by atoms with Gasteiger partial charge in [0.15, 0.2) is 0 Å². The molecule has 1 amide bonds.